The molecule has 1 aliphatic heterocycles. The Morgan fingerprint density at radius 2 is 1.94 bits per heavy atom. The Morgan fingerprint density at radius 3 is 2.44 bits per heavy atom. The molecule has 0 spiro atoms. The lowest BCUT2D eigenvalue weighted by Crippen LogP contribution is -2.28. The van der Waals surface area contributed by atoms with Gasteiger partial charge in [-0.25, -0.2) is 4.98 Å². The second-order valence-corrected chi connectivity index (χ2v) is 4.04. The van der Waals surface area contributed by atoms with Crippen LogP contribution in [-0.2, 0) is 4.79 Å². The molecule has 0 radical (unpaired) electrons. The molecule has 1 aliphatic rings. The SMILES string of the molecule is Cc1nc(C)nc(N2CC(CN)CC2=O)n1. The quantitative estimate of drug-likeness (QED) is 0.747. The lowest BCUT2D eigenvalue weighted by molar-refractivity contribution is -0.117. The van der Waals surface area contributed by atoms with Gasteiger partial charge in [-0.2, -0.15) is 9.97 Å². The van der Waals surface area contributed by atoms with Gasteiger partial charge < -0.3 is 5.73 Å². The van der Waals surface area contributed by atoms with E-state index in [0.29, 0.717) is 37.1 Å². The Labute approximate surface area is 93.9 Å². The van der Waals surface area contributed by atoms with Gasteiger partial charge in [0.25, 0.3) is 0 Å². The van der Waals surface area contributed by atoms with E-state index in [-0.39, 0.29) is 11.8 Å². The van der Waals surface area contributed by atoms with Gasteiger partial charge >= 0.3 is 0 Å². The van der Waals surface area contributed by atoms with Crippen LogP contribution >= 0.6 is 0 Å². The average Bonchev–Trinajstić information content (AvgIpc) is 2.58. The Hall–Kier alpha value is -1.56. The highest BCUT2D eigenvalue weighted by Gasteiger charge is 2.31. The van der Waals surface area contributed by atoms with E-state index in [1.165, 1.54) is 0 Å². The lowest BCUT2D eigenvalue weighted by Gasteiger charge is -2.14. The van der Waals surface area contributed by atoms with Gasteiger partial charge in [-0.3, -0.25) is 9.69 Å². The van der Waals surface area contributed by atoms with Crippen LogP contribution in [0.15, 0.2) is 0 Å². The Kier molecular flexibility index (Phi) is 2.82. The molecule has 0 bridgehead atoms. The monoisotopic (exact) mass is 221 g/mol. The van der Waals surface area contributed by atoms with E-state index in [1.807, 2.05) is 0 Å². The van der Waals surface area contributed by atoms with Gasteiger partial charge in [-0.05, 0) is 26.3 Å². The van der Waals surface area contributed by atoms with E-state index < -0.39 is 0 Å². The van der Waals surface area contributed by atoms with Gasteiger partial charge in [-0.15, -0.1) is 0 Å². The van der Waals surface area contributed by atoms with Gasteiger partial charge in [0.15, 0.2) is 0 Å². The van der Waals surface area contributed by atoms with Crippen molar-refractivity contribution in [3.05, 3.63) is 11.6 Å². The van der Waals surface area contributed by atoms with Crippen molar-refractivity contribution < 1.29 is 4.79 Å². The fourth-order valence-corrected chi connectivity index (χ4v) is 1.85. The molecular formula is C10H15N5O. The van der Waals surface area contributed by atoms with E-state index in [0.717, 1.165) is 0 Å². The molecule has 0 saturated carbocycles. The highest BCUT2D eigenvalue weighted by molar-refractivity contribution is 5.94. The van der Waals surface area contributed by atoms with Gasteiger partial charge in [0.2, 0.25) is 11.9 Å². The first-order valence-corrected chi connectivity index (χ1v) is 5.30. The van der Waals surface area contributed by atoms with Crippen LogP contribution in [0.3, 0.4) is 0 Å². The van der Waals surface area contributed by atoms with Crippen molar-refractivity contribution in [2.45, 2.75) is 20.3 Å². The summed E-state index contributed by atoms with van der Waals surface area (Å²) in [6.07, 6.45) is 0.486. The Morgan fingerprint density at radius 1 is 1.31 bits per heavy atom. The molecule has 1 atom stereocenters. The van der Waals surface area contributed by atoms with E-state index in [2.05, 4.69) is 15.0 Å². The molecule has 16 heavy (non-hydrogen) atoms. The molecule has 2 rings (SSSR count). The molecule has 1 saturated heterocycles. The van der Waals surface area contributed by atoms with Crippen LogP contribution in [0.2, 0.25) is 0 Å². The zero-order valence-electron chi connectivity index (χ0n) is 9.47. The van der Waals surface area contributed by atoms with Gasteiger partial charge in [-0.1, -0.05) is 0 Å². The minimum Gasteiger partial charge on any atom is -0.330 e. The third-order valence-corrected chi connectivity index (χ3v) is 2.63. The molecule has 0 aromatic carbocycles. The molecular weight excluding hydrogens is 206 g/mol. The van der Waals surface area contributed by atoms with Crippen molar-refractivity contribution in [3.8, 4) is 0 Å². The first kappa shape index (κ1) is 10.9. The molecule has 1 aromatic heterocycles. The zero-order chi connectivity index (χ0) is 11.7. The number of hydrogen-bond acceptors (Lipinski definition) is 5. The van der Waals surface area contributed by atoms with Crippen molar-refractivity contribution in [2.75, 3.05) is 18.0 Å². The van der Waals surface area contributed by atoms with Crippen LogP contribution in [0.5, 0.6) is 0 Å². The maximum atomic E-state index is 11.7. The van der Waals surface area contributed by atoms with Crippen LogP contribution in [0, 0.1) is 19.8 Å². The number of hydrogen-bond donors (Lipinski definition) is 1. The number of aryl methyl sites for hydroxylation is 2. The standard InChI is InChI=1S/C10H15N5O/c1-6-12-7(2)14-10(13-6)15-5-8(4-11)3-9(15)16/h8H,3-5,11H2,1-2H3. The van der Waals surface area contributed by atoms with Crippen molar-refractivity contribution in [1.29, 1.82) is 0 Å². The maximum absolute atomic E-state index is 11.7. The van der Waals surface area contributed by atoms with E-state index in [1.54, 1.807) is 18.7 Å². The van der Waals surface area contributed by atoms with Crippen LogP contribution in [0.4, 0.5) is 5.95 Å². The summed E-state index contributed by atoms with van der Waals surface area (Å²) in [5, 5.41) is 0. The number of rotatable bonds is 2. The van der Waals surface area contributed by atoms with Crippen molar-refractivity contribution >= 4 is 11.9 Å². The molecule has 1 fully saturated rings. The minimum atomic E-state index is 0.0421. The second-order valence-electron chi connectivity index (χ2n) is 4.04. The summed E-state index contributed by atoms with van der Waals surface area (Å²) in [5.74, 6) is 1.97. The number of nitrogens with two attached hydrogens (primary N) is 1. The minimum absolute atomic E-state index is 0.0421. The van der Waals surface area contributed by atoms with Crippen molar-refractivity contribution in [2.24, 2.45) is 11.7 Å². The molecule has 1 amide bonds. The summed E-state index contributed by atoms with van der Waals surface area (Å²) in [5.41, 5.74) is 5.56. The predicted octanol–water partition coefficient (Wildman–Crippen LogP) is -0.200. The van der Waals surface area contributed by atoms with E-state index >= 15 is 0 Å². The number of aromatic nitrogens is 3. The smallest absolute Gasteiger partial charge is 0.235 e. The zero-order valence-corrected chi connectivity index (χ0v) is 9.47. The van der Waals surface area contributed by atoms with Crippen LogP contribution in [0.25, 0.3) is 0 Å². The topological polar surface area (TPSA) is 85.0 Å². The maximum Gasteiger partial charge on any atom is 0.235 e. The summed E-state index contributed by atoms with van der Waals surface area (Å²) in [4.78, 5) is 25.8. The summed E-state index contributed by atoms with van der Waals surface area (Å²) < 4.78 is 0. The largest absolute Gasteiger partial charge is 0.330 e. The van der Waals surface area contributed by atoms with E-state index in [4.69, 9.17) is 5.73 Å². The highest BCUT2D eigenvalue weighted by atomic mass is 16.2. The number of carbonyl (C=O) groups excluding carboxylic acids is 1. The fourth-order valence-electron chi connectivity index (χ4n) is 1.85. The fraction of sp³-hybridized carbons (Fsp3) is 0.600. The summed E-state index contributed by atoms with van der Waals surface area (Å²) >= 11 is 0. The van der Waals surface area contributed by atoms with Crippen molar-refractivity contribution in [1.82, 2.24) is 15.0 Å². The first-order valence-electron chi connectivity index (χ1n) is 5.30. The third kappa shape index (κ3) is 2.01. The normalized spacial score (nSPS) is 20.6. The molecule has 6 nitrogen and oxygen atoms in total. The third-order valence-electron chi connectivity index (χ3n) is 2.63. The predicted molar refractivity (Wildman–Crippen MR) is 58.8 cm³/mol. The number of nitrogens with zero attached hydrogens (tertiary/aromatic N) is 4. The first-order chi connectivity index (χ1) is 7.60. The Balaban J connectivity index is 2.27. The Bertz CT molecular complexity index is 399. The molecule has 6 heteroatoms. The number of anilines is 1. The molecule has 1 aromatic rings. The summed E-state index contributed by atoms with van der Waals surface area (Å²) in [6, 6.07) is 0. The highest BCUT2D eigenvalue weighted by Crippen LogP contribution is 2.21. The summed E-state index contributed by atoms with van der Waals surface area (Å²) in [6.45, 7) is 4.71. The summed E-state index contributed by atoms with van der Waals surface area (Å²) in [7, 11) is 0. The molecule has 2 heterocycles. The molecule has 0 aliphatic carbocycles. The lowest BCUT2D eigenvalue weighted by atomic mass is 10.1. The van der Waals surface area contributed by atoms with Crippen molar-refractivity contribution in [3.63, 3.8) is 0 Å². The number of carbonyl (C=O) groups is 1. The van der Waals surface area contributed by atoms with Gasteiger partial charge in [0.05, 0.1) is 0 Å². The number of amides is 1. The average molecular weight is 221 g/mol. The second kappa shape index (κ2) is 4.13. The molecule has 2 N–H and O–H groups in total. The van der Waals surface area contributed by atoms with Gasteiger partial charge in [0, 0.05) is 13.0 Å². The van der Waals surface area contributed by atoms with E-state index in [9.17, 15) is 4.79 Å². The van der Waals surface area contributed by atoms with Crippen LogP contribution in [0.1, 0.15) is 18.1 Å². The molecule has 86 valence electrons. The molecule has 1 unspecified atom stereocenters. The van der Waals surface area contributed by atoms with Gasteiger partial charge in [0.1, 0.15) is 11.6 Å². The van der Waals surface area contributed by atoms with Crippen LogP contribution in [-0.4, -0.2) is 33.9 Å². The van der Waals surface area contributed by atoms with Crippen LogP contribution < -0.4 is 10.6 Å².